The van der Waals surface area contributed by atoms with E-state index in [0.717, 1.165) is 5.69 Å². The first-order valence-corrected chi connectivity index (χ1v) is 5.19. The highest BCUT2D eigenvalue weighted by Gasteiger charge is 2.20. The fourth-order valence-electron chi connectivity index (χ4n) is 1.37. The second kappa shape index (κ2) is 5.11. The number of hydrazine groups is 1. The predicted octanol–water partition coefficient (Wildman–Crippen LogP) is 1.70. The SMILES string of the molecule is CCOC(=O)N1C=CC=CN1c1ccnnc1. The van der Waals surface area contributed by atoms with Crippen molar-refractivity contribution in [1.82, 2.24) is 15.2 Å². The van der Waals surface area contributed by atoms with Crippen LogP contribution in [0.4, 0.5) is 10.5 Å². The first kappa shape index (κ1) is 11.1. The zero-order valence-corrected chi connectivity index (χ0v) is 9.35. The quantitative estimate of drug-likeness (QED) is 0.776. The largest absolute Gasteiger partial charge is 0.448 e. The van der Waals surface area contributed by atoms with E-state index in [1.54, 1.807) is 48.9 Å². The fourth-order valence-corrected chi connectivity index (χ4v) is 1.37. The summed E-state index contributed by atoms with van der Waals surface area (Å²) in [6, 6.07) is 1.75. The molecule has 2 rings (SSSR count). The van der Waals surface area contributed by atoms with Crippen LogP contribution in [0.1, 0.15) is 6.92 Å². The van der Waals surface area contributed by atoms with Crippen LogP contribution in [0.25, 0.3) is 0 Å². The van der Waals surface area contributed by atoms with Gasteiger partial charge in [0, 0.05) is 12.4 Å². The predicted molar refractivity (Wildman–Crippen MR) is 61.7 cm³/mol. The van der Waals surface area contributed by atoms with Crippen LogP contribution in [0.15, 0.2) is 43.0 Å². The molecule has 0 saturated heterocycles. The van der Waals surface area contributed by atoms with Gasteiger partial charge in [-0.15, -0.1) is 0 Å². The lowest BCUT2D eigenvalue weighted by Crippen LogP contribution is -2.41. The number of carbonyl (C=O) groups is 1. The van der Waals surface area contributed by atoms with E-state index in [0.29, 0.717) is 6.61 Å². The lowest BCUT2D eigenvalue weighted by molar-refractivity contribution is 0.121. The minimum Gasteiger partial charge on any atom is -0.448 e. The molecule has 0 spiro atoms. The molecular formula is C11H12N4O2. The normalized spacial score (nSPS) is 13.9. The number of anilines is 1. The van der Waals surface area contributed by atoms with Crippen LogP contribution in [-0.2, 0) is 4.74 Å². The van der Waals surface area contributed by atoms with E-state index in [2.05, 4.69) is 10.2 Å². The van der Waals surface area contributed by atoms with Gasteiger partial charge in [-0.1, -0.05) is 0 Å². The molecule has 0 radical (unpaired) electrons. The van der Waals surface area contributed by atoms with Gasteiger partial charge >= 0.3 is 6.09 Å². The van der Waals surface area contributed by atoms with Crippen LogP contribution in [-0.4, -0.2) is 27.9 Å². The Balaban J connectivity index is 2.23. The maximum atomic E-state index is 11.7. The van der Waals surface area contributed by atoms with Crippen LogP contribution in [0.2, 0.25) is 0 Å². The van der Waals surface area contributed by atoms with E-state index in [4.69, 9.17) is 4.74 Å². The van der Waals surface area contributed by atoms with Crippen molar-refractivity contribution < 1.29 is 9.53 Å². The van der Waals surface area contributed by atoms with Gasteiger partial charge in [-0.25, -0.2) is 4.79 Å². The number of allylic oxidation sites excluding steroid dienone is 2. The number of carbonyl (C=O) groups excluding carboxylic acids is 1. The summed E-state index contributed by atoms with van der Waals surface area (Å²) in [5.41, 5.74) is 0.730. The standard InChI is InChI=1S/C11H12N4O2/c1-2-17-11(16)15-8-4-3-7-14(15)10-5-6-12-13-9-10/h3-9H,2H2,1H3. The summed E-state index contributed by atoms with van der Waals surface area (Å²) in [7, 11) is 0. The lowest BCUT2D eigenvalue weighted by Gasteiger charge is -2.31. The van der Waals surface area contributed by atoms with Gasteiger partial charge in [-0.05, 0) is 25.1 Å². The van der Waals surface area contributed by atoms with Crippen molar-refractivity contribution in [3.05, 3.63) is 43.0 Å². The Morgan fingerprint density at radius 1 is 1.35 bits per heavy atom. The number of aromatic nitrogens is 2. The van der Waals surface area contributed by atoms with Crippen molar-refractivity contribution in [3.63, 3.8) is 0 Å². The average molecular weight is 232 g/mol. The molecular weight excluding hydrogens is 220 g/mol. The Hall–Kier alpha value is -2.37. The molecule has 1 aromatic rings. The third-order valence-electron chi connectivity index (χ3n) is 2.09. The van der Waals surface area contributed by atoms with Crippen molar-refractivity contribution in [2.75, 3.05) is 11.6 Å². The van der Waals surface area contributed by atoms with E-state index in [1.807, 2.05) is 6.08 Å². The summed E-state index contributed by atoms with van der Waals surface area (Å²) in [5.74, 6) is 0. The van der Waals surface area contributed by atoms with Crippen LogP contribution in [0.3, 0.4) is 0 Å². The second-order valence-corrected chi connectivity index (χ2v) is 3.17. The molecule has 2 heterocycles. The molecule has 0 unspecified atom stereocenters. The number of hydrogen-bond acceptors (Lipinski definition) is 5. The molecule has 1 aromatic heterocycles. The van der Waals surface area contributed by atoms with Crippen LogP contribution in [0, 0.1) is 0 Å². The Morgan fingerprint density at radius 2 is 2.18 bits per heavy atom. The van der Waals surface area contributed by atoms with Gasteiger partial charge in [0.15, 0.2) is 0 Å². The molecule has 88 valence electrons. The fraction of sp³-hybridized carbons (Fsp3) is 0.182. The molecule has 1 aliphatic heterocycles. The highest BCUT2D eigenvalue weighted by Crippen LogP contribution is 2.18. The van der Waals surface area contributed by atoms with E-state index in [-0.39, 0.29) is 0 Å². The maximum absolute atomic E-state index is 11.7. The summed E-state index contributed by atoms with van der Waals surface area (Å²) >= 11 is 0. The summed E-state index contributed by atoms with van der Waals surface area (Å²) < 4.78 is 4.96. The van der Waals surface area contributed by atoms with Crippen molar-refractivity contribution in [3.8, 4) is 0 Å². The van der Waals surface area contributed by atoms with E-state index >= 15 is 0 Å². The minimum atomic E-state index is -0.440. The van der Waals surface area contributed by atoms with Crippen molar-refractivity contribution >= 4 is 11.8 Å². The van der Waals surface area contributed by atoms with Crippen molar-refractivity contribution in [2.24, 2.45) is 0 Å². The number of amides is 1. The molecule has 0 atom stereocenters. The minimum absolute atomic E-state index is 0.329. The third kappa shape index (κ3) is 2.41. The number of rotatable bonds is 2. The number of nitrogens with zero attached hydrogens (tertiary/aromatic N) is 4. The molecule has 0 fully saturated rings. The molecule has 6 heteroatoms. The first-order valence-electron chi connectivity index (χ1n) is 5.19. The summed E-state index contributed by atoms with van der Waals surface area (Å²) in [4.78, 5) is 11.7. The van der Waals surface area contributed by atoms with Gasteiger partial charge in [-0.3, -0.25) is 5.01 Å². The van der Waals surface area contributed by atoms with Gasteiger partial charge in [-0.2, -0.15) is 15.2 Å². The van der Waals surface area contributed by atoms with Gasteiger partial charge in [0.1, 0.15) is 0 Å². The maximum Gasteiger partial charge on any atom is 0.433 e. The topological polar surface area (TPSA) is 58.6 Å². The first-order chi connectivity index (χ1) is 8.33. The number of ether oxygens (including phenoxy) is 1. The molecule has 0 saturated carbocycles. The van der Waals surface area contributed by atoms with E-state index < -0.39 is 6.09 Å². The Bertz CT molecular complexity index is 444. The van der Waals surface area contributed by atoms with Gasteiger partial charge in [0.05, 0.1) is 24.7 Å². The molecule has 6 nitrogen and oxygen atoms in total. The van der Waals surface area contributed by atoms with E-state index in [1.165, 1.54) is 5.01 Å². The molecule has 0 aromatic carbocycles. The van der Waals surface area contributed by atoms with E-state index in [9.17, 15) is 4.79 Å². The van der Waals surface area contributed by atoms with Crippen LogP contribution >= 0.6 is 0 Å². The molecule has 0 bridgehead atoms. The lowest BCUT2D eigenvalue weighted by atomic mass is 10.4. The Labute approximate surface area is 98.8 Å². The zero-order chi connectivity index (χ0) is 12.1. The van der Waals surface area contributed by atoms with Gasteiger partial charge < -0.3 is 4.74 Å². The summed E-state index contributed by atoms with van der Waals surface area (Å²) in [6.45, 7) is 2.09. The van der Waals surface area contributed by atoms with Crippen molar-refractivity contribution in [2.45, 2.75) is 6.92 Å². The van der Waals surface area contributed by atoms with Crippen LogP contribution < -0.4 is 5.01 Å². The monoisotopic (exact) mass is 232 g/mol. The highest BCUT2D eigenvalue weighted by atomic mass is 16.6. The van der Waals surface area contributed by atoms with Gasteiger partial charge in [0.25, 0.3) is 0 Å². The smallest absolute Gasteiger partial charge is 0.433 e. The Kier molecular flexibility index (Phi) is 3.34. The average Bonchev–Trinajstić information content (AvgIpc) is 2.40. The molecule has 1 aliphatic rings. The highest BCUT2D eigenvalue weighted by molar-refractivity contribution is 5.73. The summed E-state index contributed by atoms with van der Waals surface area (Å²) in [6.07, 6.45) is 9.62. The molecule has 17 heavy (non-hydrogen) atoms. The molecule has 0 aliphatic carbocycles. The molecule has 1 amide bonds. The Morgan fingerprint density at radius 3 is 2.88 bits per heavy atom. The second-order valence-electron chi connectivity index (χ2n) is 3.17. The third-order valence-corrected chi connectivity index (χ3v) is 2.09. The summed E-state index contributed by atoms with van der Waals surface area (Å²) in [5, 5.41) is 10.5. The molecule has 0 N–H and O–H groups in total. The number of hydrogen-bond donors (Lipinski definition) is 0. The van der Waals surface area contributed by atoms with Crippen LogP contribution in [0.5, 0.6) is 0 Å². The van der Waals surface area contributed by atoms with Gasteiger partial charge in [0.2, 0.25) is 0 Å². The van der Waals surface area contributed by atoms with Crippen molar-refractivity contribution in [1.29, 1.82) is 0 Å². The zero-order valence-electron chi connectivity index (χ0n) is 9.35.